The van der Waals surface area contributed by atoms with E-state index in [9.17, 15) is 4.79 Å². The Morgan fingerprint density at radius 3 is 2.71 bits per heavy atom. The zero-order valence-electron chi connectivity index (χ0n) is 10.5. The smallest absolute Gasteiger partial charge is 0.338 e. The van der Waals surface area contributed by atoms with Gasteiger partial charge in [0.2, 0.25) is 0 Å². The summed E-state index contributed by atoms with van der Waals surface area (Å²) in [6.45, 7) is 4.32. The molecule has 0 fully saturated rings. The third kappa shape index (κ3) is 3.74. The first kappa shape index (κ1) is 14.0. The van der Waals surface area contributed by atoms with Gasteiger partial charge >= 0.3 is 5.97 Å². The van der Waals surface area contributed by atoms with Crippen molar-refractivity contribution < 1.29 is 9.53 Å². The second-order valence-electron chi connectivity index (χ2n) is 3.81. The molecule has 1 aromatic carbocycles. The molecule has 0 aliphatic carbocycles. The third-order valence-electron chi connectivity index (χ3n) is 2.71. The predicted octanol–water partition coefficient (Wildman–Crippen LogP) is 3.60. The van der Waals surface area contributed by atoms with Crippen molar-refractivity contribution in [3.8, 4) is 0 Å². The van der Waals surface area contributed by atoms with Gasteiger partial charge in [0.25, 0.3) is 0 Å². The van der Waals surface area contributed by atoms with Gasteiger partial charge in [-0.1, -0.05) is 19.1 Å². The molecule has 0 amide bonds. The van der Waals surface area contributed by atoms with Crippen LogP contribution < -0.4 is 0 Å². The molecule has 0 spiro atoms. The lowest BCUT2D eigenvalue weighted by Gasteiger charge is -2.12. The number of alkyl halides is 1. The van der Waals surface area contributed by atoms with Crippen LogP contribution in [0.25, 0.3) is 0 Å². The monoisotopic (exact) mass is 254 g/mol. The van der Waals surface area contributed by atoms with Crippen LogP contribution in [0.15, 0.2) is 18.2 Å². The van der Waals surface area contributed by atoms with E-state index in [1.807, 2.05) is 19.1 Å². The van der Waals surface area contributed by atoms with Gasteiger partial charge in [0.15, 0.2) is 0 Å². The lowest BCUT2D eigenvalue weighted by Crippen LogP contribution is -2.10. The van der Waals surface area contributed by atoms with Crippen LogP contribution in [0, 0.1) is 0 Å². The third-order valence-corrected chi connectivity index (χ3v) is 2.98. The van der Waals surface area contributed by atoms with Gasteiger partial charge in [-0.25, -0.2) is 4.79 Å². The van der Waals surface area contributed by atoms with Gasteiger partial charge in [-0.15, -0.1) is 11.6 Å². The van der Waals surface area contributed by atoms with Crippen molar-refractivity contribution in [2.24, 2.45) is 0 Å². The molecule has 0 heterocycles. The van der Waals surface area contributed by atoms with E-state index in [0.29, 0.717) is 18.1 Å². The van der Waals surface area contributed by atoms with Crippen LogP contribution in [0.4, 0.5) is 0 Å². The van der Waals surface area contributed by atoms with Crippen molar-refractivity contribution in [1.82, 2.24) is 0 Å². The highest BCUT2D eigenvalue weighted by atomic mass is 35.5. The van der Waals surface area contributed by atoms with E-state index in [0.717, 1.165) is 24.8 Å². The van der Waals surface area contributed by atoms with Crippen molar-refractivity contribution in [3.05, 3.63) is 34.9 Å². The summed E-state index contributed by atoms with van der Waals surface area (Å²) in [5.41, 5.74) is 2.99. The van der Waals surface area contributed by atoms with Crippen molar-refractivity contribution >= 4 is 17.6 Å². The number of hydrogen-bond acceptors (Lipinski definition) is 2. The highest BCUT2D eigenvalue weighted by Gasteiger charge is 2.14. The molecule has 0 aliphatic rings. The normalized spacial score (nSPS) is 10.3. The number of esters is 1. The van der Waals surface area contributed by atoms with Crippen molar-refractivity contribution in [3.63, 3.8) is 0 Å². The van der Waals surface area contributed by atoms with Gasteiger partial charge in [-0.2, -0.15) is 0 Å². The van der Waals surface area contributed by atoms with Gasteiger partial charge in [0.05, 0.1) is 12.2 Å². The molecule has 0 N–H and O–H groups in total. The summed E-state index contributed by atoms with van der Waals surface area (Å²) in [4.78, 5) is 11.8. The van der Waals surface area contributed by atoms with Gasteiger partial charge in [-0.05, 0) is 43.4 Å². The fourth-order valence-corrected chi connectivity index (χ4v) is 2.04. The largest absolute Gasteiger partial charge is 0.462 e. The summed E-state index contributed by atoms with van der Waals surface area (Å²) in [6.07, 6.45) is 2.64. The Kier molecular flexibility index (Phi) is 6.06. The van der Waals surface area contributed by atoms with Crippen LogP contribution in [0.2, 0.25) is 0 Å². The summed E-state index contributed by atoms with van der Waals surface area (Å²) < 4.78 is 5.08. The Labute approximate surface area is 108 Å². The summed E-state index contributed by atoms with van der Waals surface area (Å²) >= 11 is 5.72. The molecule has 0 radical (unpaired) electrons. The predicted molar refractivity (Wildman–Crippen MR) is 70.8 cm³/mol. The average Bonchev–Trinajstić information content (AvgIpc) is 2.36. The van der Waals surface area contributed by atoms with Crippen LogP contribution in [0.3, 0.4) is 0 Å². The van der Waals surface area contributed by atoms with Crippen molar-refractivity contribution in [2.45, 2.75) is 33.1 Å². The van der Waals surface area contributed by atoms with Gasteiger partial charge in [-0.3, -0.25) is 0 Å². The van der Waals surface area contributed by atoms with Crippen molar-refractivity contribution in [2.75, 3.05) is 12.5 Å². The molecule has 0 aromatic heterocycles. The number of carbonyl (C=O) groups excluding carboxylic acids is 1. The molecule has 0 atom stereocenters. The molecule has 1 rings (SSSR count). The van der Waals surface area contributed by atoms with E-state index in [1.54, 1.807) is 0 Å². The quantitative estimate of drug-likeness (QED) is 0.573. The minimum atomic E-state index is -0.229. The number of hydrogen-bond donors (Lipinski definition) is 0. The minimum Gasteiger partial charge on any atom is -0.462 e. The van der Waals surface area contributed by atoms with E-state index in [-0.39, 0.29) is 5.97 Å². The molecule has 94 valence electrons. The fourth-order valence-electron chi connectivity index (χ4n) is 1.90. The number of aryl methyl sites for hydroxylation is 1. The molecule has 2 nitrogen and oxygen atoms in total. The fraction of sp³-hybridized carbons (Fsp3) is 0.500. The van der Waals surface area contributed by atoms with Gasteiger partial charge < -0.3 is 4.74 Å². The topological polar surface area (TPSA) is 26.3 Å². The number of halogens is 1. The number of carbonyl (C=O) groups is 1. The Morgan fingerprint density at radius 2 is 2.12 bits per heavy atom. The molecule has 3 heteroatoms. The second kappa shape index (κ2) is 7.33. The second-order valence-corrected chi connectivity index (χ2v) is 4.19. The zero-order valence-corrected chi connectivity index (χ0v) is 11.2. The highest BCUT2D eigenvalue weighted by molar-refractivity contribution is 6.17. The first-order valence-electron chi connectivity index (χ1n) is 6.08. The SMILES string of the molecule is CCOC(=O)c1cccc(CC)c1CCCCl. The van der Waals surface area contributed by atoms with E-state index in [2.05, 4.69) is 13.0 Å². The lowest BCUT2D eigenvalue weighted by atomic mass is 9.95. The van der Waals surface area contributed by atoms with Crippen LogP contribution >= 0.6 is 11.6 Å². The van der Waals surface area contributed by atoms with E-state index in [4.69, 9.17) is 16.3 Å². The summed E-state index contributed by atoms with van der Waals surface area (Å²) in [7, 11) is 0. The van der Waals surface area contributed by atoms with Crippen LogP contribution in [0.1, 0.15) is 41.8 Å². The molecule has 0 bridgehead atoms. The maximum Gasteiger partial charge on any atom is 0.338 e. The molecular weight excluding hydrogens is 236 g/mol. The molecule has 17 heavy (non-hydrogen) atoms. The summed E-state index contributed by atoms with van der Waals surface area (Å²) in [6, 6.07) is 5.81. The Balaban J connectivity index is 3.05. The molecule has 0 saturated heterocycles. The van der Waals surface area contributed by atoms with Gasteiger partial charge in [0.1, 0.15) is 0 Å². The Hall–Kier alpha value is -1.02. The standard InChI is InChI=1S/C14H19ClO2/c1-3-11-7-5-8-13(14(16)17-4-2)12(11)9-6-10-15/h5,7-8H,3-4,6,9-10H2,1-2H3. The first-order chi connectivity index (χ1) is 8.24. The first-order valence-corrected chi connectivity index (χ1v) is 6.61. The lowest BCUT2D eigenvalue weighted by molar-refractivity contribution is 0.0525. The Morgan fingerprint density at radius 1 is 1.35 bits per heavy atom. The summed E-state index contributed by atoms with van der Waals surface area (Å²) in [5.74, 6) is 0.382. The number of rotatable bonds is 6. The molecule has 0 aliphatic heterocycles. The highest BCUT2D eigenvalue weighted by Crippen LogP contribution is 2.19. The van der Waals surface area contributed by atoms with Crippen LogP contribution in [0.5, 0.6) is 0 Å². The van der Waals surface area contributed by atoms with Crippen LogP contribution in [-0.4, -0.2) is 18.5 Å². The molecule has 1 aromatic rings. The molecule has 0 saturated carbocycles. The van der Waals surface area contributed by atoms with E-state index >= 15 is 0 Å². The molecular formula is C14H19ClO2. The Bertz CT molecular complexity index is 374. The number of benzene rings is 1. The summed E-state index contributed by atoms with van der Waals surface area (Å²) in [5, 5.41) is 0. The maximum atomic E-state index is 11.8. The zero-order chi connectivity index (χ0) is 12.7. The average molecular weight is 255 g/mol. The minimum absolute atomic E-state index is 0.229. The van der Waals surface area contributed by atoms with Crippen LogP contribution in [-0.2, 0) is 17.6 Å². The number of ether oxygens (including phenoxy) is 1. The van der Waals surface area contributed by atoms with E-state index < -0.39 is 0 Å². The van der Waals surface area contributed by atoms with Crippen molar-refractivity contribution in [1.29, 1.82) is 0 Å². The molecule has 0 unspecified atom stereocenters. The maximum absolute atomic E-state index is 11.8. The van der Waals surface area contributed by atoms with Gasteiger partial charge in [0, 0.05) is 5.88 Å². The van der Waals surface area contributed by atoms with E-state index in [1.165, 1.54) is 5.56 Å².